The van der Waals surface area contributed by atoms with Crippen LogP contribution < -0.4 is 10.2 Å². The summed E-state index contributed by atoms with van der Waals surface area (Å²) in [6, 6.07) is 0.814. The Morgan fingerprint density at radius 2 is 2.37 bits per heavy atom. The first kappa shape index (κ1) is 14.8. The molecule has 0 amide bonds. The molecule has 108 valence electrons. The summed E-state index contributed by atoms with van der Waals surface area (Å²) in [5.74, 6) is 0. The van der Waals surface area contributed by atoms with Gasteiger partial charge in [0.15, 0.2) is 5.13 Å². The van der Waals surface area contributed by atoms with E-state index in [0.29, 0.717) is 12.1 Å². The number of anilines is 1. The molecule has 0 bridgehead atoms. The monoisotopic (exact) mass is 283 g/mol. The molecule has 1 fully saturated rings. The largest absolute Gasteiger partial charge is 0.377 e. The van der Waals surface area contributed by atoms with Crippen molar-refractivity contribution in [3.8, 4) is 0 Å². The van der Waals surface area contributed by atoms with Crippen molar-refractivity contribution >= 4 is 16.5 Å². The van der Waals surface area contributed by atoms with Crippen LogP contribution in [0.3, 0.4) is 0 Å². The molecular formula is C14H25N3OS. The van der Waals surface area contributed by atoms with E-state index >= 15 is 0 Å². The zero-order valence-electron chi connectivity index (χ0n) is 12.4. The summed E-state index contributed by atoms with van der Waals surface area (Å²) in [6.07, 6.45) is 1.16. The molecule has 2 heterocycles. The van der Waals surface area contributed by atoms with Crippen molar-refractivity contribution in [3.63, 3.8) is 0 Å². The number of nitrogens with one attached hydrogen (secondary N) is 1. The quantitative estimate of drug-likeness (QED) is 0.901. The van der Waals surface area contributed by atoms with Crippen molar-refractivity contribution in [2.45, 2.75) is 46.2 Å². The average Bonchev–Trinajstić information content (AvgIpc) is 2.78. The minimum absolute atomic E-state index is 0.391. The van der Waals surface area contributed by atoms with Crippen LogP contribution >= 0.6 is 11.3 Å². The van der Waals surface area contributed by atoms with E-state index in [1.807, 2.05) is 11.3 Å². The van der Waals surface area contributed by atoms with E-state index in [1.54, 1.807) is 0 Å². The predicted octanol–water partition coefficient (Wildman–Crippen LogP) is 2.74. The fourth-order valence-electron chi connectivity index (χ4n) is 2.38. The van der Waals surface area contributed by atoms with Crippen LogP contribution in [0.4, 0.5) is 5.13 Å². The van der Waals surface area contributed by atoms with E-state index < -0.39 is 0 Å². The highest BCUT2D eigenvalue weighted by atomic mass is 32.1. The summed E-state index contributed by atoms with van der Waals surface area (Å²) < 4.78 is 5.49. The molecule has 0 aromatic carbocycles. The Morgan fingerprint density at radius 3 is 3.05 bits per heavy atom. The topological polar surface area (TPSA) is 37.4 Å². The second-order valence-corrected chi connectivity index (χ2v) is 6.25. The minimum Gasteiger partial charge on any atom is -0.377 e. The number of morpholine rings is 1. The maximum absolute atomic E-state index is 5.49. The lowest BCUT2D eigenvalue weighted by Crippen LogP contribution is -2.43. The van der Waals surface area contributed by atoms with Gasteiger partial charge >= 0.3 is 0 Å². The summed E-state index contributed by atoms with van der Waals surface area (Å²) in [6.45, 7) is 12.4. The molecule has 2 atom stereocenters. The third-order valence-corrected chi connectivity index (χ3v) is 4.91. The second-order valence-electron chi connectivity index (χ2n) is 5.24. The van der Waals surface area contributed by atoms with Gasteiger partial charge in [0.25, 0.3) is 0 Å². The number of ether oxygens (including phenoxy) is 1. The standard InChI is InChI=1S/C14H25N3OS/c1-5-6-15-11(3)13-12(4)16-14(19-13)17-7-8-18-9-10(17)2/h10-11,15H,5-9H2,1-4H3. The van der Waals surface area contributed by atoms with E-state index in [0.717, 1.165) is 43.5 Å². The third kappa shape index (κ3) is 3.46. The molecule has 4 nitrogen and oxygen atoms in total. The zero-order chi connectivity index (χ0) is 13.8. The SMILES string of the molecule is CCCNC(C)c1sc(N2CCOCC2C)nc1C. The summed E-state index contributed by atoms with van der Waals surface area (Å²) >= 11 is 1.83. The molecule has 1 N–H and O–H groups in total. The summed E-state index contributed by atoms with van der Waals surface area (Å²) in [5.41, 5.74) is 1.16. The van der Waals surface area contributed by atoms with Crippen LogP contribution in [0.5, 0.6) is 0 Å². The molecule has 1 saturated heterocycles. The number of hydrogen-bond acceptors (Lipinski definition) is 5. The molecule has 0 radical (unpaired) electrons. The highest BCUT2D eigenvalue weighted by Crippen LogP contribution is 2.32. The molecule has 0 saturated carbocycles. The van der Waals surface area contributed by atoms with Gasteiger partial charge in [0.05, 0.1) is 24.9 Å². The molecule has 5 heteroatoms. The van der Waals surface area contributed by atoms with Gasteiger partial charge in [-0.25, -0.2) is 4.98 Å². The Balaban J connectivity index is 2.11. The first-order chi connectivity index (χ1) is 9.13. The molecule has 19 heavy (non-hydrogen) atoms. The lowest BCUT2D eigenvalue weighted by Gasteiger charge is -2.32. The van der Waals surface area contributed by atoms with Gasteiger partial charge in [-0.15, -0.1) is 11.3 Å². The number of aryl methyl sites for hydroxylation is 1. The van der Waals surface area contributed by atoms with Gasteiger partial charge in [-0.2, -0.15) is 0 Å². The number of rotatable bonds is 5. The van der Waals surface area contributed by atoms with Gasteiger partial charge in [-0.05, 0) is 33.7 Å². The predicted molar refractivity (Wildman–Crippen MR) is 81.2 cm³/mol. The van der Waals surface area contributed by atoms with Crippen molar-refractivity contribution in [1.29, 1.82) is 0 Å². The molecule has 1 aliphatic rings. The number of hydrogen-bond donors (Lipinski definition) is 1. The van der Waals surface area contributed by atoms with Crippen molar-refractivity contribution in [3.05, 3.63) is 10.6 Å². The molecular weight excluding hydrogens is 258 g/mol. The number of thiazole rings is 1. The van der Waals surface area contributed by atoms with Crippen LogP contribution in [0.1, 0.15) is 43.8 Å². The van der Waals surface area contributed by atoms with E-state index in [4.69, 9.17) is 9.72 Å². The van der Waals surface area contributed by atoms with Crippen molar-refractivity contribution in [1.82, 2.24) is 10.3 Å². The van der Waals surface area contributed by atoms with Gasteiger partial charge in [0, 0.05) is 17.5 Å². The Kier molecular flexibility index (Phi) is 5.19. The smallest absolute Gasteiger partial charge is 0.186 e. The van der Waals surface area contributed by atoms with Crippen LogP contribution in [-0.4, -0.2) is 37.3 Å². The molecule has 1 aromatic rings. The molecule has 2 rings (SSSR count). The van der Waals surface area contributed by atoms with Gasteiger partial charge in [0.2, 0.25) is 0 Å². The maximum Gasteiger partial charge on any atom is 0.186 e. The Morgan fingerprint density at radius 1 is 1.58 bits per heavy atom. The lowest BCUT2D eigenvalue weighted by molar-refractivity contribution is 0.0989. The van der Waals surface area contributed by atoms with Crippen LogP contribution in [0.2, 0.25) is 0 Å². The first-order valence-electron chi connectivity index (χ1n) is 7.18. The summed E-state index contributed by atoms with van der Waals surface area (Å²) in [5, 5.41) is 4.69. The van der Waals surface area contributed by atoms with E-state index in [-0.39, 0.29) is 0 Å². The minimum atomic E-state index is 0.391. The van der Waals surface area contributed by atoms with Crippen molar-refractivity contribution in [2.75, 3.05) is 31.2 Å². The zero-order valence-corrected chi connectivity index (χ0v) is 13.2. The maximum atomic E-state index is 5.49. The van der Waals surface area contributed by atoms with Crippen molar-refractivity contribution < 1.29 is 4.74 Å². The highest BCUT2D eigenvalue weighted by molar-refractivity contribution is 7.15. The summed E-state index contributed by atoms with van der Waals surface area (Å²) in [7, 11) is 0. The fraction of sp³-hybridized carbons (Fsp3) is 0.786. The van der Waals surface area contributed by atoms with Crippen LogP contribution in [-0.2, 0) is 4.74 Å². The van der Waals surface area contributed by atoms with Crippen LogP contribution in [0.15, 0.2) is 0 Å². The van der Waals surface area contributed by atoms with Crippen LogP contribution in [0, 0.1) is 6.92 Å². The molecule has 2 unspecified atom stereocenters. The van der Waals surface area contributed by atoms with Gasteiger partial charge in [-0.3, -0.25) is 0 Å². The second kappa shape index (κ2) is 6.68. The molecule has 0 spiro atoms. The van der Waals surface area contributed by atoms with Gasteiger partial charge < -0.3 is 15.0 Å². The number of aromatic nitrogens is 1. The normalized spacial score (nSPS) is 21.7. The Labute approximate surface area is 120 Å². The third-order valence-electron chi connectivity index (χ3n) is 3.53. The molecule has 0 aliphatic carbocycles. The van der Waals surface area contributed by atoms with E-state index in [2.05, 4.69) is 37.9 Å². The van der Waals surface area contributed by atoms with Gasteiger partial charge in [-0.1, -0.05) is 6.92 Å². The van der Waals surface area contributed by atoms with Crippen LogP contribution in [0.25, 0.3) is 0 Å². The Bertz CT molecular complexity index is 407. The summed E-state index contributed by atoms with van der Waals surface area (Å²) in [4.78, 5) is 8.50. The molecule has 1 aromatic heterocycles. The highest BCUT2D eigenvalue weighted by Gasteiger charge is 2.23. The lowest BCUT2D eigenvalue weighted by atomic mass is 10.2. The number of nitrogens with zero attached hydrogens (tertiary/aromatic N) is 2. The average molecular weight is 283 g/mol. The first-order valence-corrected chi connectivity index (χ1v) is 8.00. The van der Waals surface area contributed by atoms with Gasteiger partial charge in [0.1, 0.15) is 0 Å². The molecule has 1 aliphatic heterocycles. The Hall–Kier alpha value is -0.650. The van der Waals surface area contributed by atoms with Crippen molar-refractivity contribution in [2.24, 2.45) is 0 Å². The van der Waals surface area contributed by atoms with E-state index in [1.165, 1.54) is 4.88 Å². The van der Waals surface area contributed by atoms with E-state index in [9.17, 15) is 0 Å². The fourth-order valence-corrected chi connectivity index (χ4v) is 3.60.